The number of para-hydroxylation sites is 3. The average molecular weight is 435 g/mol. The Morgan fingerprint density at radius 2 is 1.24 bits per heavy atom. The molecular formula is C30H18N4. The van der Waals surface area contributed by atoms with E-state index >= 15 is 0 Å². The van der Waals surface area contributed by atoms with Crippen molar-refractivity contribution < 1.29 is 0 Å². The molecule has 0 radical (unpaired) electrons. The van der Waals surface area contributed by atoms with Gasteiger partial charge in [0, 0.05) is 33.4 Å². The number of hydrogen-bond acceptors (Lipinski definition) is 2. The Hall–Kier alpha value is -4.70. The van der Waals surface area contributed by atoms with Gasteiger partial charge < -0.3 is 4.57 Å². The fraction of sp³-hybridized carbons (Fsp3) is 0. The van der Waals surface area contributed by atoms with Crippen molar-refractivity contribution in [2.24, 2.45) is 0 Å². The van der Waals surface area contributed by atoms with Gasteiger partial charge in [0.2, 0.25) is 0 Å². The van der Waals surface area contributed by atoms with Gasteiger partial charge in [-0.25, -0.2) is 9.97 Å². The first kappa shape index (κ1) is 17.8. The fourth-order valence-corrected chi connectivity index (χ4v) is 5.50. The van der Waals surface area contributed by atoms with Crippen LogP contribution in [0.4, 0.5) is 0 Å². The lowest BCUT2D eigenvalue weighted by Crippen LogP contribution is -1.95. The molecule has 0 aliphatic carbocycles. The van der Waals surface area contributed by atoms with Crippen molar-refractivity contribution in [3.8, 4) is 5.69 Å². The molecule has 4 heteroatoms. The molecule has 0 aliphatic rings. The predicted molar refractivity (Wildman–Crippen MR) is 140 cm³/mol. The van der Waals surface area contributed by atoms with E-state index in [4.69, 9.17) is 4.98 Å². The zero-order chi connectivity index (χ0) is 22.2. The maximum absolute atomic E-state index is 5.04. The van der Waals surface area contributed by atoms with Crippen molar-refractivity contribution in [3.05, 3.63) is 109 Å². The minimum Gasteiger partial charge on any atom is -0.309 e. The maximum atomic E-state index is 5.04. The van der Waals surface area contributed by atoms with Crippen molar-refractivity contribution in [3.63, 3.8) is 0 Å². The molecule has 34 heavy (non-hydrogen) atoms. The standard InChI is InChI=1S/C30H18N4/c1-2-9-19(10-3-1)33-26-14-6-5-12-21(26)23-17-24-22(18-28(23)33)20-11-4-7-15-27(20)34-29(24)32-25-13-8-16-31-30(25)34/h1-18H. The fourth-order valence-electron chi connectivity index (χ4n) is 5.50. The van der Waals surface area contributed by atoms with E-state index in [0.717, 1.165) is 33.4 Å². The monoisotopic (exact) mass is 434 g/mol. The molecule has 0 fully saturated rings. The summed E-state index contributed by atoms with van der Waals surface area (Å²) in [5.74, 6) is 0. The molecule has 8 rings (SSSR count). The minimum atomic E-state index is 0.891. The van der Waals surface area contributed by atoms with Crippen LogP contribution >= 0.6 is 0 Å². The normalized spacial score (nSPS) is 12.1. The summed E-state index contributed by atoms with van der Waals surface area (Å²) in [5.41, 5.74) is 7.43. The molecule has 8 aromatic rings. The maximum Gasteiger partial charge on any atom is 0.164 e. The van der Waals surface area contributed by atoms with Crippen molar-refractivity contribution in [2.45, 2.75) is 0 Å². The predicted octanol–water partition coefficient (Wildman–Crippen LogP) is 7.29. The summed E-state index contributed by atoms with van der Waals surface area (Å²) >= 11 is 0. The number of aromatic nitrogens is 4. The molecule has 4 aromatic heterocycles. The van der Waals surface area contributed by atoms with E-state index < -0.39 is 0 Å². The van der Waals surface area contributed by atoms with Gasteiger partial charge in [-0.1, -0.05) is 54.6 Å². The van der Waals surface area contributed by atoms with Crippen LogP contribution in [0.25, 0.3) is 66.0 Å². The van der Waals surface area contributed by atoms with E-state index in [9.17, 15) is 0 Å². The topological polar surface area (TPSA) is 35.1 Å². The highest BCUT2D eigenvalue weighted by Crippen LogP contribution is 2.39. The average Bonchev–Trinajstić information content (AvgIpc) is 3.44. The Labute approximate surface area is 194 Å². The molecule has 0 atom stereocenters. The van der Waals surface area contributed by atoms with E-state index in [0.29, 0.717) is 0 Å². The highest BCUT2D eigenvalue weighted by atomic mass is 15.1. The molecule has 0 unspecified atom stereocenters. The third-order valence-electron chi connectivity index (χ3n) is 6.92. The third kappa shape index (κ3) is 2.22. The lowest BCUT2D eigenvalue weighted by Gasteiger charge is -2.11. The SMILES string of the molecule is c1ccc(-n2c3ccccc3c3cc4c(cc32)c2ccccc2n2c3ncccc3nc42)cc1. The van der Waals surface area contributed by atoms with E-state index in [-0.39, 0.29) is 0 Å². The second-order valence-corrected chi connectivity index (χ2v) is 8.74. The Morgan fingerprint density at radius 1 is 0.500 bits per heavy atom. The first-order chi connectivity index (χ1) is 16.9. The summed E-state index contributed by atoms with van der Waals surface area (Å²) in [4.78, 5) is 9.72. The van der Waals surface area contributed by atoms with Gasteiger partial charge in [-0.15, -0.1) is 0 Å². The van der Waals surface area contributed by atoms with Crippen molar-refractivity contribution >= 4 is 60.3 Å². The Balaban J connectivity index is 1.67. The van der Waals surface area contributed by atoms with Crippen LogP contribution in [0.15, 0.2) is 109 Å². The number of imidazole rings is 1. The highest BCUT2D eigenvalue weighted by Gasteiger charge is 2.18. The van der Waals surface area contributed by atoms with Crippen LogP contribution in [0.3, 0.4) is 0 Å². The summed E-state index contributed by atoms with van der Waals surface area (Å²) in [6.07, 6.45) is 1.84. The molecular weight excluding hydrogens is 416 g/mol. The van der Waals surface area contributed by atoms with Gasteiger partial charge >= 0.3 is 0 Å². The molecule has 0 amide bonds. The van der Waals surface area contributed by atoms with Gasteiger partial charge in [0.05, 0.1) is 16.6 Å². The minimum absolute atomic E-state index is 0.891. The summed E-state index contributed by atoms with van der Waals surface area (Å²) in [6.45, 7) is 0. The van der Waals surface area contributed by atoms with Gasteiger partial charge in [0.1, 0.15) is 11.2 Å². The highest BCUT2D eigenvalue weighted by molar-refractivity contribution is 6.21. The summed E-state index contributed by atoms with van der Waals surface area (Å²) in [5, 5.41) is 6.00. The van der Waals surface area contributed by atoms with Crippen LogP contribution < -0.4 is 0 Å². The third-order valence-corrected chi connectivity index (χ3v) is 6.92. The Bertz CT molecular complexity index is 2060. The van der Waals surface area contributed by atoms with Crippen LogP contribution in [-0.2, 0) is 0 Å². The molecule has 0 aliphatic heterocycles. The van der Waals surface area contributed by atoms with E-state index in [2.05, 4.69) is 105 Å². The van der Waals surface area contributed by atoms with Gasteiger partial charge in [0.25, 0.3) is 0 Å². The molecule has 4 heterocycles. The quantitative estimate of drug-likeness (QED) is 0.254. The van der Waals surface area contributed by atoms with E-state index in [1.807, 2.05) is 18.3 Å². The van der Waals surface area contributed by atoms with Crippen LogP contribution in [0.1, 0.15) is 0 Å². The number of hydrogen-bond donors (Lipinski definition) is 0. The van der Waals surface area contributed by atoms with Crippen LogP contribution in [-0.4, -0.2) is 18.9 Å². The smallest absolute Gasteiger partial charge is 0.164 e. The number of pyridine rings is 2. The Morgan fingerprint density at radius 3 is 2.09 bits per heavy atom. The molecule has 0 N–H and O–H groups in total. The van der Waals surface area contributed by atoms with Crippen molar-refractivity contribution in [1.82, 2.24) is 18.9 Å². The lowest BCUT2D eigenvalue weighted by atomic mass is 10.0. The summed E-state index contributed by atoms with van der Waals surface area (Å²) in [7, 11) is 0. The number of fused-ring (bicyclic) bond motifs is 11. The molecule has 0 bridgehead atoms. The van der Waals surface area contributed by atoms with Crippen molar-refractivity contribution in [2.75, 3.05) is 0 Å². The van der Waals surface area contributed by atoms with Gasteiger partial charge in [-0.05, 0) is 53.9 Å². The van der Waals surface area contributed by atoms with Crippen molar-refractivity contribution in [1.29, 1.82) is 0 Å². The molecule has 158 valence electrons. The van der Waals surface area contributed by atoms with E-state index in [1.54, 1.807) is 0 Å². The lowest BCUT2D eigenvalue weighted by molar-refractivity contribution is 1.18. The Kier molecular flexibility index (Phi) is 3.36. The van der Waals surface area contributed by atoms with Crippen LogP contribution in [0, 0.1) is 0 Å². The molecule has 4 nitrogen and oxygen atoms in total. The zero-order valence-electron chi connectivity index (χ0n) is 18.2. The zero-order valence-corrected chi connectivity index (χ0v) is 18.2. The molecule has 0 saturated carbocycles. The second-order valence-electron chi connectivity index (χ2n) is 8.74. The number of nitrogens with zero attached hydrogens (tertiary/aromatic N) is 4. The first-order valence-corrected chi connectivity index (χ1v) is 11.4. The first-order valence-electron chi connectivity index (χ1n) is 11.4. The molecule has 0 saturated heterocycles. The summed E-state index contributed by atoms with van der Waals surface area (Å²) < 4.78 is 4.57. The van der Waals surface area contributed by atoms with Crippen LogP contribution in [0.5, 0.6) is 0 Å². The molecule has 0 spiro atoms. The van der Waals surface area contributed by atoms with Gasteiger partial charge in [-0.2, -0.15) is 0 Å². The summed E-state index contributed by atoms with van der Waals surface area (Å²) in [6, 6.07) is 36.4. The molecule has 4 aromatic carbocycles. The van der Waals surface area contributed by atoms with Gasteiger partial charge in [-0.3, -0.25) is 4.40 Å². The van der Waals surface area contributed by atoms with E-state index in [1.165, 1.54) is 32.6 Å². The van der Waals surface area contributed by atoms with Gasteiger partial charge in [0.15, 0.2) is 5.65 Å². The number of benzene rings is 4. The number of rotatable bonds is 1. The van der Waals surface area contributed by atoms with Crippen LogP contribution in [0.2, 0.25) is 0 Å². The largest absolute Gasteiger partial charge is 0.309 e. The second kappa shape index (κ2) is 6.42.